The fourth-order valence-electron chi connectivity index (χ4n) is 3.11. The molecule has 1 heterocycles. The highest BCUT2D eigenvalue weighted by atomic mass is 16.3. The molecule has 1 aromatic heterocycles. The lowest BCUT2D eigenvalue weighted by molar-refractivity contribution is -0.132. The van der Waals surface area contributed by atoms with E-state index in [-0.39, 0.29) is 11.9 Å². The lowest BCUT2D eigenvalue weighted by Crippen LogP contribution is -2.46. The van der Waals surface area contributed by atoms with Crippen LogP contribution in [0.2, 0.25) is 0 Å². The first-order valence-corrected chi connectivity index (χ1v) is 7.98. The number of nitrogens with one attached hydrogen (secondary N) is 1. The molecule has 0 aliphatic heterocycles. The first-order chi connectivity index (χ1) is 9.90. The number of hydrogen-bond donors (Lipinski definition) is 2. The third-order valence-corrected chi connectivity index (χ3v) is 4.22. The zero-order chi connectivity index (χ0) is 16.0. The Hall–Kier alpha value is -1.29. The Kier molecular flexibility index (Phi) is 6.46. The molecule has 1 aromatic rings. The zero-order valence-corrected chi connectivity index (χ0v) is 14.1. The molecular weight excluding hydrogens is 264 g/mol. The maximum absolute atomic E-state index is 12.8. The maximum atomic E-state index is 12.8. The molecule has 1 rings (SSSR count). The van der Waals surface area contributed by atoms with Gasteiger partial charge in [-0.3, -0.25) is 4.79 Å². The van der Waals surface area contributed by atoms with Gasteiger partial charge in [0.05, 0.1) is 11.5 Å². The molecule has 4 heteroatoms. The highest BCUT2D eigenvalue weighted by Crippen LogP contribution is 2.31. The highest BCUT2D eigenvalue weighted by molar-refractivity contribution is 5.83. The summed E-state index contributed by atoms with van der Waals surface area (Å²) < 4.78 is 5.55. The summed E-state index contributed by atoms with van der Waals surface area (Å²) in [6, 6.07) is 1.93. The number of nitrogens with two attached hydrogens (primary N) is 1. The van der Waals surface area contributed by atoms with E-state index in [1.165, 1.54) is 0 Å². The number of hydrogen-bond acceptors (Lipinski definition) is 3. The number of carbonyl (C=O) groups is 1. The fourth-order valence-corrected chi connectivity index (χ4v) is 3.11. The van der Waals surface area contributed by atoms with Crippen molar-refractivity contribution >= 4 is 5.91 Å². The Labute approximate surface area is 128 Å². The van der Waals surface area contributed by atoms with Gasteiger partial charge in [-0.2, -0.15) is 0 Å². The summed E-state index contributed by atoms with van der Waals surface area (Å²) in [7, 11) is 0. The molecular formula is C17H30N2O2. The van der Waals surface area contributed by atoms with Crippen LogP contribution in [0.1, 0.15) is 69.6 Å². The van der Waals surface area contributed by atoms with E-state index in [1.807, 2.05) is 26.8 Å². The Bertz CT molecular complexity index is 459. The zero-order valence-electron chi connectivity index (χ0n) is 14.1. The minimum Gasteiger partial charge on any atom is -0.466 e. The van der Waals surface area contributed by atoms with E-state index in [9.17, 15) is 4.79 Å². The predicted molar refractivity (Wildman–Crippen MR) is 86.0 cm³/mol. The molecule has 1 atom stereocenters. The van der Waals surface area contributed by atoms with Crippen LogP contribution in [0.15, 0.2) is 10.5 Å². The molecule has 120 valence electrons. The van der Waals surface area contributed by atoms with E-state index in [4.69, 9.17) is 10.2 Å². The topological polar surface area (TPSA) is 68.3 Å². The van der Waals surface area contributed by atoms with Crippen LogP contribution in [0.4, 0.5) is 0 Å². The van der Waals surface area contributed by atoms with E-state index < -0.39 is 5.41 Å². The Morgan fingerprint density at radius 2 is 1.90 bits per heavy atom. The molecule has 0 radical (unpaired) electrons. The van der Waals surface area contributed by atoms with Crippen LogP contribution in [0.25, 0.3) is 0 Å². The van der Waals surface area contributed by atoms with Crippen molar-refractivity contribution in [2.45, 2.75) is 66.3 Å². The van der Waals surface area contributed by atoms with Gasteiger partial charge in [-0.1, -0.05) is 26.7 Å². The number of amides is 1. The second-order valence-corrected chi connectivity index (χ2v) is 6.05. The van der Waals surface area contributed by atoms with Gasteiger partial charge in [-0.25, -0.2) is 0 Å². The molecule has 0 saturated heterocycles. The van der Waals surface area contributed by atoms with Crippen LogP contribution in [0, 0.1) is 19.3 Å². The molecule has 0 aliphatic rings. The van der Waals surface area contributed by atoms with Gasteiger partial charge in [0, 0.05) is 12.1 Å². The molecule has 0 saturated carbocycles. The molecule has 0 bridgehead atoms. The number of rotatable bonds is 8. The normalized spacial score (nSPS) is 13.2. The first kappa shape index (κ1) is 17.8. The highest BCUT2D eigenvalue weighted by Gasteiger charge is 2.36. The third kappa shape index (κ3) is 4.10. The molecule has 4 nitrogen and oxygen atoms in total. The quantitative estimate of drug-likeness (QED) is 0.769. The number of furan rings is 1. The van der Waals surface area contributed by atoms with Crippen molar-refractivity contribution in [1.82, 2.24) is 5.32 Å². The maximum Gasteiger partial charge on any atom is 0.227 e. The average molecular weight is 294 g/mol. The van der Waals surface area contributed by atoms with Crippen molar-refractivity contribution in [2.75, 3.05) is 6.54 Å². The standard InChI is InChI=1S/C17H30N2O2/c1-6-8-17(11-18,9-7-2)16(20)19-13(4)15-10-12(3)21-14(15)5/h10,13H,6-9,11,18H2,1-5H3,(H,19,20). The van der Waals surface area contributed by atoms with Crippen LogP contribution in [0.5, 0.6) is 0 Å². The largest absolute Gasteiger partial charge is 0.466 e. The monoisotopic (exact) mass is 294 g/mol. The van der Waals surface area contributed by atoms with E-state index in [1.54, 1.807) is 0 Å². The fraction of sp³-hybridized carbons (Fsp3) is 0.706. The summed E-state index contributed by atoms with van der Waals surface area (Å²) in [4.78, 5) is 12.8. The van der Waals surface area contributed by atoms with Crippen LogP contribution in [-0.4, -0.2) is 12.5 Å². The van der Waals surface area contributed by atoms with Crippen molar-refractivity contribution in [3.8, 4) is 0 Å². The Morgan fingerprint density at radius 3 is 2.29 bits per heavy atom. The van der Waals surface area contributed by atoms with Gasteiger partial charge >= 0.3 is 0 Å². The number of carbonyl (C=O) groups excluding carboxylic acids is 1. The summed E-state index contributed by atoms with van der Waals surface area (Å²) in [5, 5.41) is 3.13. The minimum atomic E-state index is -0.440. The van der Waals surface area contributed by atoms with E-state index in [2.05, 4.69) is 19.2 Å². The summed E-state index contributed by atoms with van der Waals surface area (Å²) >= 11 is 0. The van der Waals surface area contributed by atoms with Crippen LogP contribution >= 0.6 is 0 Å². The summed E-state index contributed by atoms with van der Waals surface area (Å²) in [6.07, 6.45) is 3.59. The van der Waals surface area contributed by atoms with Crippen molar-refractivity contribution in [3.05, 3.63) is 23.2 Å². The molecule has 0 aromatic carbocycles. The Morgan fingerprint density at radius 1 is 1.33 bits per heavy atom. The smallest absolute Gasteiger partial charge is 0.227 e. The van der Waals surface area contributed by atoms with E-state index in [0.29, 0.717) is 6.54 Å². The summed E-state index contributed by atoms with van der Waals surface area (Å²) in [5.41, 5.74) is 6.55. The van der Waals surface area contributed by atoms with Gasteiger partial charge in [0.1, 0.15) is 11.5 Å². The van der Waals surface area contributed by atoms with Gasteiger partial charge in [-0.15, -0.1) is 0 Å². The predicted octanol–water partition coefficient (Wildman–Crippen LogP) is 3.62. The lowest BCUT2D eigenvalue weighted by Gasteiger charge is -2.32. The average Bonchev–Trinajstić information content (AvgIpc) is 2.77. The van der Waals surface area contributed by atoms with Gasteiger partial charge in [-0.05, 0) is 39.7 Å². The summed E-state index contributed by atoms with van der Waals surface area (Å²) in [5.74, 6) is 1.81. The van der Waals surface area contributed by atoms with E-state index >= 15 is 0 Å². The summed E-state index contributed by atoms with van der Waals surface area (Å²) in [6.45, 7) is 10.4. The van der Waals surface area contributed by atoms with Crippen molar-refractivity contribution < 1.29 is 9.21 Å². The van der Waals surface area contributed by atoms with Crippen molar-refractivity contribution in [1.29, 1.82) is 0 Å². The van der Waals surface area contributed by atoms with Crippen LogP contribution in [0.3, 0.4) is 0 Å². The van der Waals surface area contributed by atoms with Gasteiger partial charge < -0.3 is 15.5 Å². The second-order valence-electron chi connectivity index (χ2n) is 6.05. The lowest BCUT2D eigenvalue weighted by atomic mass is 9.78. The second kappa shape index (κ2) is 7.64. The first-order valence-electron chi connectivity index (χ1n) is 7.98. The van der Waals surface area contributed by atoms with E-state index in [0.717, 1.165) is 42.8 Å². The SMILES string of the molecule is CCCC(CN)(CCC)C(=O)NC(C)c1cc(C)oc1C. The molecule has 0 fully saturated rings. The Balaban J connectivity index is 2.88. The van der Waals surface area contributed by atoms with Crippen molar-refractivity contribution in [2.24, 2.45) is 11.1 Å². The minimum absolute atomic E-state index is 0.0606. The van der Waals surface area contributed by atoms with Crippen LogP contribution in [-0.2, 0) is 4.79 Å². The molecule has 1 unspecified atom stereocenters. The van der Waals surface area contributed by atoms with Crippen LogP contribution < -0.4 is 11.1 Å². The number of aryl methyl sites for hydroxylation is 2. The van der Waals surface area contributed by atoms with Gasteiger partial charge in [0.15, 0.2) is 0 Å². The molecule has 0 spiro atoms. The third-order valence-electron chi connectivity index (χ3n) is 4.22. The molecule has 21 heavy (non-hydrogen) atoms. The van der Waals surface area contributed by atoms with Gasteiger partial charge in [0.25, 0.3) is 0 Å². The molecule has 0 aliphatic carbocycles. The molecule has 1 amide bonds. The van der Waals surface area contributed by atoms with Gasteiger partial charge in [0.2, 0.25) is 5.91 Å². The molecule has 3 N–H and O–H groups in total. The van der Waals surface area contributed by atoms with Crippen molar-refractivity contribution in [3.63, 3.8) is 0 Å².